The summed E-state index contributed by atoms with van der Waals surface area (Å²) in [6, 6.07) is 7.75. The van der Waals surface area contributed by atoms with E-state index in [1.165, 1.54) is 6.42 Å². The summed E-state index contributed by atoms with van der Waals surface area (Å²) in [5, 5.41) is 11.5. The van der Waals surface area contributed by atoms with Crippen molar-refractivity contribution in [2.24, 2.45) is 4.99 Å². The van der Waals surface area contributed by atoms with E-state index in [0.29, 0.717) is 48.0 Å². The number of aliphatic imine (C=N–C) groups is 1. The largest absolute Gasteiger partial charge is 0.373 e. The summed E-state index contributed by atoms with van der Waals surface area (Å²) in [7, 11) is 0. The highest BCUT2D eigenvalue weighted by Crippen LogP contribution is 2.34. The molecule has 0 amide bonds. The zero-order chi connectivity index (χ0) is 18.6. The summed E-state index contributed by atoms with van der Waals surface area (Å²) in [4.78, 5) is 9.07. The molecule has 4 rings (SSSR count). The molecule has 1 aromatic heterocycles. The minimum absolute atomic E-state index is 0.315. The van der Waals surface area contributed by atoms with Crippen molar-refractivity contribution in [3.8, 4) is 11.4 Å². The predicted molar refractivity (Wildman–Crippen MR) is 104 cm³/mol. The molecule has 0 aliphatic carbocycles. The monoisotopic (exact) mass is 389 g/mol. The van der Waals surface area contributed by atoms with Crippen LogP contribution in [0.1, 0.15) is 32.1 Å². The topological polar surface area (TPSA) is 84.6 Å². The first kappa shape index (κ1) is 18.3. The first-order valence-electron chi connectivity index (χ1n) is 9.50. The van der Waals surface area contributed by atoms with Gasteiger partial charge in [-0.3, -0.25) is 4.99 Å². The zero-order valence-electron chi connectivity index (χ0n) is 15.3. The van der Waals surface area contributed by atoms with Gasteiger partial charge in [0.05, 0.1) is 24.8 Å². The van der Waals surface area contributed by atoms with E-state index >= 15 is 0 Å². The molecule has 2 fully saturated rings. The van der Waals surface area contributed by atoms with Crippen LogP contribution in [0.5, 0.6) is 0 Å². The second-order valence-electron chi connectivity index (χ2n) is 6.89. The number of nitrogens with zero attached hydrogens (tertiary/aromatic N) is 3. The third-order valence-corrected chi connectivity index (χ3v) is 5.15. The third kappa shape index (κ3) is 4.42. The van der Waals surface area contributed by atoms with Crippen LogP contribution in [0.4, 0.5) is 0 Å². The van der Waals surface area contributed by atoms with Crippen molar-refractivity contribution in [1.82, 2.24) is 20.8 Å². The zero-order valence-corrected chi connectivity index (χ0v) is 16.1. The van der Waals surface area contributed by atoms with Crippen LogP contribution in [0.3, 0.4) is 0 Å². The van der Waals surface area contributed by atoms with E-state index in [0.717, 1.165) is 30.9 Å². The average Bonchev–Trinajstić information content (AvgIpc) is 3.39. The lowest BCUT2D eigenvalue weighted by atomic mass is 9.96. The van der Waals surface area contributed by atoms with Crippen LogP contribution in [0, 0.1) is 0 Å². The summed E-state index contributed by atoms with van der Waals surface area (Å²) in [6.45, 7) is 3.44. The second-order valence-corrected chi connectivity index (χ2v) is 7.33. The minimum Gasteiger partial charge on any atom is -0.373 e. The number of nitrogens with one attached hydrogen (secondary N) is 2. The maximum Gasteiger partial charge on any atom is 0.228 e. The molecule has 3 unspecified atom stereocenters. The van der Waals surface area contributed by atoms with Crippen molar-refractivity contribution in [2.45, 2.75) is 50.9 Å². The van der Waals surface area contributed by atoms with Gasteiger partial charge < -0.3 is 19.9 Å². The van der Waals surface area contributed by atoms with Crippen molar-refractivity contribution in [1.29, 1.82) is 0 Å². The molecule has 0 radical (unpaired) electrons. The summed E-state index contributed by atoms with van der Waals surface area (Å²) in [6.07, 6.45) is 4.69. The molecule has 2 saturated heterocycles. The van der Waals surface area contributed by atoms with E-state index in [-0.39, 0.29) is 0 Å². The van der Waals surface area contributed by atoms with Crippen molar-refractivity contribution < 1.29 is 9.26 Å². The quantitative estimate of drug-likeness (QED) is 0.583. The van der Waals surface area contributed by atoms with Crippen molar-refractivity contribution in [3.63, 3.8) is 0 Å². The van der Waals surface area contributed by atoms with Gasteiger partial charge in [-0.2, -0.15) is 4.98 Å². The van der Waals surface area contributed by atoms with Crippen LogP contribution in [0.2, 0.25) is 5.02 Å². The normalized spacial score (nSPS) is 24.4. The Bertz CT molecular complexity index is 809. The molecule has 3 heterocycles. The lowest BCUT2D eigenvalue weighted by molar-refractivity contribution is 0.0992. The molecule has 2 aliphatic heterocycles. The Morgan fingerprint density at radius 1 is 1.37 bits per heavy atom. The molecule has 0 saturated carbocycles. The molecule has 3 atom stereocenters. The van der Waals surface area contributed by atoms with Gasteiger partial charge in [-0.15, -0.1) is 0 Å². The standard InChI is InChI=1S/C19H24ClN5O2/c1-2-21-19(23-15-11-14-6-7-16(15)26-14)22-9-8-17-24-18(25-27-17)12-4-3-5-13(20)10-12/h3-5,10,14-16H,2,6-9,11H2,1H3,(H2,21,22,23). The molecule has 2 N–H and O–H groups in total. The Balaban J connectivity index is 1.34. The van der Waals surface area contributed by atoms with Gasteiger partial charge in [-0.1, -0.05) is 28.9 Å². The smallest absolute Gasteiger partial charge is 0.228 e. The summed E-state index contributed by atoms with van der Waals surface area (Å²) < 4.78 is 11.2. The van der Waals surface area contributed by atoms with Crippen molar-refractivity contribution in [2.75, 3.05) is 13.1 Å². The summed E-state index contributed by atoms with van der Waals surface area (Å²) >= 11 is 6.02. The molecular weight excluding hydrogens is 366 g/mol. The lowest BCUT2D eigenvalue weighted by Gasteiger charge is -2.22. The van der Waals surface area contributed by atoms with Crippen molar-refractivity contribution >= 4 is 17.6 Å². The van der Waals surface area contributed by atoms with Gasteiger partial charge in [0.1, 0.15) is 0 Å². The minimum atomic E-state index is 0.315. The number of fused-ring (bicyclic) bond motifs is 2. The predicted octanol–water partition coefficient (Wildman–Crippen LogP) is 2.81. The number of rotatable bonds is 6. The fourth-order valence-corrected chi connectivity index (χ4v) is 3.84. The highest BCUT2D eigenvalue weighted by Gasteiger charge is 2.41. The van der Waals surface area contributed by atoms with Gasteiger partial charge in [0.2, 0.25) is 11.7 Å². The van der Waals surface area contributed by atoms with E-state index in [1.807, 2.05) is 24.3 Å². The molecule has 2 aliphatic rings. The van der Waals surface area contributed by atoms with Crippen LogP contribution in [0.15, 0.2) is 33.8 Å². The number of benzene rings is 1. The Hall–Kier alpha value is -2.12. The molecule has 8 heteroatoms. The van der Waals surface area contributed by atoms with Crippen LogP contribution in [0.25, 0.3) is 11.4 Å². The van der Waals surface area contributed by atoms with E-state index in [1.54, 1.807) is 0 Å². The number of hydrogen-bond acceptors (Lipinski definition) is 5. The Kier molecular flexibility index (Phi) is 5.59. The van der Waals surface area contributed by atoms with E-state index < -0.39 is 0 Å². The van der Waals surface area contributed by atoms with Crippen LogP contribution in [-0.4, -0.2) is 47.4 Å². The van der Waals surface area contributed by atoms with Gasteiger partial charge in [0.15, 0.2) is 5.96 Å². The highest BCUT2D eigenvalue weighted by atomic mass is 35.5. The van der Waals surface area contributed by atoms with Crippen LogP contribution in [-0.2, 0) is 11.2 Å². The number of hydrogen-bond donors (Lipinski definition) is 2. The maximum absolute atomic E-state index is 6.02. The molecule has 144 valence electrons. The molecule has 2 bridgehead atoms. The van der Waals surface area contributed by atoms with Crippen molar-refractivity contribution in [3.05, 3.63) is 35.2 Å². The van der Waals surface area contributed by atoms with E-state index in [9.17, 15) is 0 Å². The SMILES string of the molecule is CCNC(=NCCc1nc(-c2cccc(Cl)c2)no1)NC1CC2CCC1O2. The Morgan fingerprint density at radius 2 is 2.30 bits per heavy atom. The molecule has 2 aromatic rings. The van der Waals surface area contributed by atoms with Gasteiger partial charge in [-0.05, 0) is 38.3 Å². The van der Waals surface area contributed by atoms with Crippen LogP contribution < -0.4 is 10.6 Å². The second kappa shape index (κ2) is 8.27. The van der Waals surface area contributed by atoms with E-state index in [4.69, 9.17) is 20.9 Å². The Morgan fingerprint density at radius 3 is 3.04 bits per heavy atom. The first-order chi connectivity index (χ1) is 13.2. The van der Waals surface area contributed by atoms with E-state index in [2.05, 4.69) is 32.7 Å². The number of ether oxygens (including phenoxy) is 1. The van der Waals surface area contributed by atoms with Gasteiger partial charge >= 0.3 is 0 Å². The lowest BCUT2D eigenvalue weighted by Crippen LogP contribution is -2.47. The summed E-state index contributed by atoms with van der Waals surface area (Å²) in [5.41, 5.74) is 0.840. The molecule has 1 aromatic carbocycles. The highest BCUT2D eigenvalue weighted by molar-refractivity contribution is 6.30. The number of guanidine groups is 1. The van der Waals surface area contributed by atoms with Crippen LogP contribution >= 0.6 is 11.6 Å². The number of halogens is 1. The summed E-state index contributed by atoms with van der Waals surface area (Å²) in [5.74, 6) is 1.92. The first-order valence-corrected chi connectivity index (χ1v) is 9.88. The molecular formula is C19H24ClN5O2. The molecule has 27 heavy (non-hydrogen) atoms. The fourth-order valence-electron chi connectivity index (χ4n) is 3.65. The fraction of sp³-hybridized carbons (Fsp3) is 0.526. The maximum atomic E-state index is 6.02. The Labute approximate surface area is 163 Å². The van der Waals surface area contributed by atoms with Gasteiger partial charge in [-0.25, -0.2) is 0 Å². The molecule has 7 nitrogen and oxygen atoms in total. The molecule has 0 spiro atoms. The third-order valence-electron chi connectivity index (χ3n) is 4.92. The van der Waals surface area contributed by atoms with Gasteiger partial charge in [0, 0.05) is 23.6 Å². The number of aromatic nitrogens is 2. The average molecular weight is 390 g/mol. The van der Waals surface area contributed by atoms with Gasteiger partial charge in [0.25, 0.3) is 0 Å².